The third kappa shape index (κ3) is 9.47. The maximum absolute atomic E-state index is 13.3. The molecule has 0 saturated heterocycles. The standard InChI is InChI=1S/C24H35N5O5S3/c1-36-9-7-18(27-21(30)16(25)13-35)22(31)29-20(23(32)28-19(24(33)34)8-10-37-2)11-14-12-26-17-6-4-3-5-15(14)17/h3-6,12,16,18-20,26,35H,7-11,13,25H2,1-2H3,(H,27,30)(H,28,32)(H,29,31)(H,33,34). The average molecular weight is 570 g/mol. The van der Waals surface area contributed by atoms with Gasteiger partial charge in [-0.05, 0) is 48.5 Å². The second-order valence-corrected chi connectivity index (χ2v) is 10.8. The Kier molecular flexibility index (Phi) is 13.2. The molecule has 0 fully saturated rings. The molecule has 0 aliphatic rings. The number of carboxylic acids is 1. The quantitative estimate of drug-likeness (QED) is 0.147. The second-order valence-electron chi connectivity index (χ2n) is 8.44. The van der Waals surface area contributed by atoms with Crippen LogP contribution in [0.2, 0.25) is 0 Å². The number of carbonyl (C=O) groups excluding carboxylic acids is 3. The summed E-state index contributed by atoms with van der Waals surface area (Å²) in [4.78, 5) is 53.8. The van der Waals surface area contributed by atoms with Crippen LogP contribution in [-0.2, 0) is 25.6 Å². The maximum atomic E-state index is 13.3. The number of para-hydroxylation sites is 1. The maximum Gasteiger partial charge on any atom is 0.326 e. The number of fused-ring (bicyclic) bond motifs is 1. The van der Waals surface area contributed by atoms with Crippen LogP contribution < -0.4 is 21.7 Å². The molecule has 37 heavy (non-hydrogen) atoms. The van der Waals surface area contributed by atoms with E-state index in [1.807, 2.05) is 36.8 Å². The average Bonchev–Trinajstić information content (AvgIpc) is 3.30. The van der Waals surface area contributed by atoms with Crippen molar-refractivity contribution < 1.29 is 24.3 Å². The summed E-state index contributed by atoms with van der Waals surface area (Å²) < 4.78 is 0. The van der Waals surface area contributed by atoms with Crippen molar-refractivity contribution in [3.8, 4) is 0 Å². The summed E-state index contributed by atoms with van der Waals surface area (Å²) in [6.45, 7) is 0. The Bertz CT molecular complexity index is 1070. The lowest BCUT2D eigenvalue weighted by Gasteiger charge is -2.25. The van der Waals surface area contributed by atoms with Gasteiger partial charge in [-0.3, -0.25) is 14.4 Å². The topological polar surface area (TPSA) is 166 Å². The lowest BCUT2D eigenvalue weighted by Crippen LogP contribution is -2.58. The van der Waals surface area contributed by atoms with Crippen molar-refractivity contribution in [2.45, 2.75) is 43.4 Å². The van der Waals surface area contributed by atoms with Crippen LogP contribution in [0.25, 0.3) is 10.9 Å². The Balaban J connectivity index is 2.30. The highest BCUT2D eigenvalue weighted by atomic mass is 32.2. The van der Waals surface area contributed by atoms with Gasteiger partial charge >= 0.3 is 5.97 Å². The first-order valence-electron chi connectivity index (χ1n) is 11.7. The fourth-order valence-corrected chi connectivity index (χ4v) is 4.74. The third-order valence-electron chi connectivity index (χ3n) is 5.73. The number of carbonyl (C=O) groups is 4. The molecule has 0 radical (unpaired) electrons. The molecule has 0 saturated carbocycles. The van der Waals surface area contributed by atoms with Gasteiger partial charge in [0.2, 0.25) is 17.7 Å². The van der Waals surface area contributed by atoms with E-state index < -0.39 is 47.9 Å². The molecular weight excluding hydrogens is 534 g/mol. The van der Waals surface area contributed by atoms with Crippen LogP contribution in [0, 0.1) is 0 Å². The molecule has 13 heteroatoms. The van der Waals surface area contributed by atoms with E-state index in [1.54, 1.807) is 6.20 Å². The molecule has 0 aliphatic carbocycles. The van der Waals surface area contributed by atoms with Crippen LogP contribution in [0.5, 0.6) is 0 Å². The molecule has 10 nitrogen and oxygen atoms in total. The Labute approximate surface area is 230 Å². The van der Waals surface area contributed by atoms with Gasteiger partial charge in [0, 0.05) is 29.3 Å². The fourth-order valence-electron chi connectivity index (χ4n) is 3.63. The van der Waals surface area contributed by atoms with E-state index in [0.29, 0.717) is 17.9 Å². The summed E-state index contributed by atoms with van der Waals surface area (Å²) in [6.07, 6.45) is 6.18. The molecule has 1 aromatic carbocycles. The number of nitrogens with one attached hydrogen (secondary N) is 4. The smallest absolute Gasteiger partial charge is 0.326 e. The molecule has 2 rings (SSSR count). The van der Waals surface area contributed by atoms with Crippen LogP contribution in [0.4, 0.5) is 0 Å². The summed E-state index contributed by atoms with van der Waals surface area (Å²) in [7, 11) is 0. The van der Waals surface area contributed by atoms with Crippen LogP contribution in [-0.4, -0.2) is 87.7 Å². The van der Waals surface area contributed by atoms with Gasteiger partial charge < -0.3 is 31.8 Å². The number of nitrogens with two attached hydrogens (primary N) is 1. The molecule has 0 bridgehead atoms. The number of aliphatic carboxylic acids is 1. The molecule has 4 atom stereocenters. The van der Waals surface area contributed by atoms with Gasteiger partial charge in [-0.1, -0.05) is 18.2 Å². The van der Waals surface area contributed by atoms with Gasteiger partial charge in [-0.2, -0.15) is 36.2 Å². The number of hydrogen-bond acceptors (Lipinski definition) is 8. The third-order valence-corrected chi connectivity index (χ3v) is 7.42. The molecule has 1 heterocycles. The van der Waals surface area contributed by atoms with Crippen molar-refractivity contribution in [3.05, 3.63) is 36.0 Å². The fraction of sp³-hybridized carbons (Fsp3) is 0.500. The number of amides is 3. The number of thioether (sulfide) groups is 2. The van der Waals surface area contributed by atoms with Crippen LogP contribution in [0.1, 0.15) is 18.4 Å². The van der Waals surface area contributed by atoms with Gasteiger partial charge in [0.25, 0.3) is 0 Å². The molecule has 4 unspecified atom stereocenters. The number of hydrogen-bond donors (Lipinski definition) is 7. The predicted octanol–water partition coefficient (Wildman–Crippen LogP) is 1.01. The lowest BCUT2D eigenvalue weighted by molar-refractivity contribution is -0.142. The second kappa shape index (κ2) is 15.8. The van der Waals surface area contributed by atoms with E-state index in [0.717, 1.165) is 16.5 Å². The highest BCUT2D eigenvalue weighted by molar-refractivity contribution is 7.98. The van der Waals surface area contributed by atoms with Crippen molar-refractivity contribution in [3.63, 3.8) is 0 Å². The zero-order chi connectivity index (χ0) is 27.4. The van der Waals surface area contributed by atoms with Gasteiger partial charge in [0.1, 0.15) is 18.1 Å². The van der Waals surface area contributed by atoms with Crippen molar-refractivity contribution in [2.24, 2.45) is 5.73 Å². The number of thiol groups is 1. The zero-order valence-corrected chi connectivity index (χ0v) is 23.4. The molecule has 7 N–H and O–H groups in total. The van der Waals surface area contributed by atoms with Crippen molar-refractivity contribution >= 4 is 70.7 Å². The van der Waals surface area contributed by atoms with E-state index in [-0.39, 0.29) is 18.6 Å². The number of benzene rings is 1. The number of H-pyrrole nitrogens is 1. The Morgan fingerprint density at radius 1 is 0.946 bits per heavy atom. The Morgan fingerprint density at radius 3 is 2.14 bits per heavy atom. The van der Waals surface area contributed by atoms with Gasteiger partial charge in [0.15, 0.2) is 0 Å². The molecule has 0 aliphatic heterocycles. The summed E-state index contributed by atoms with van der Waals surface area (Å²) >= 11 is 7.02. The first kappa shape index (κ1) is 30.9. The normalized spacial score (nSPS) is 14.4. The number of rotatable bonds is 16. The summed E-state index contributed by atoms with van der Waals surface area (Å²) in [6, 6.07) is 3.58. The van der Waals surface area contributed by atoms with Crippen LogP contribution in [0.15, 0.2) is 30.5 Å². The van der Waals surface area contributed by atoms with Crippen LogP contribution >= 0.6 is 36.2 Å². The number of aromatic amines is 1. The summed E-state index contributed by atoms with van der Waals surface area (Å²) in [5, 5.41) is 18.4. The number of carboxylic acid groups (broad SMARTS) is 1. The molecular formula is C24H35N5O5S3. The minimum absolute atomic E-state index is 0.112. The minimum atomic E-state index is -1.15. The van der Waals surface area contributed by atoms with Crippen molar-refractivity contribution in [1.82, 2.24) is 20.9 Å². The molecule has 1 aromatic heterocycles. The summed E-state index contributed by atoms with van der Waals surface area (Å²) in [5.41, 5.74) is 7.42. The van der Waals surface area contributed by atoms with E-state index in [9.17, 15) is 24.3 Å². The van der Waals surface area contributed by atoms with E-state index in [2.05, 4.69) is 33.6 Å². The Morgan fingerprint density at radius 2 is 1.51 bits per heavy atom. The first-order chi connectivity index (χ1) is 17.7. The summed E-state index contributed by atoms with van der Waals surface area (Å²) in [5.74, 6) is -1.59. The highest BCUT2D eigenvalue weighted by Crippen LogP contribution is 2.19. The Hall–Kier alpha value is -2.35. The highest BCUT2D eigenvalue weighted by Gasteiger charge is 2.30. The monoisotopic (exact) mass is 569 g/mol. The lowest BCUT2D eigenvalue weighted by atomic mass is 10.0. The zero-order valence-electron chi connectivity index (χ0n) is 20.9. The van der Waals surface area contributed by atoms with Gasteiger partial charge in [0.05, 0.1) is 6.04 Å². The molecule has 0 spiro atoms. The largest absolute Gasteiger partial charge is 0.480 e. The van der Waals surface area contributed by atoms with Crippen molar-refractivity contribution in [1.29, 1.82) is 0 Å². The van der Waals surface area contributed by atoms with Crippen LogP contribution in [0.3, 0.4) is 0 Å². The molecule has 2 aromatic rings. The van der Waals surface area contributed by atoms with Gasteiger partial charge in [-0.25, -0.2) is 4.79 Å². The van der Waals surface area contributed by atoms with Gasteiger partial charge in [-0.15, -0.1) is 0 Å². The molecule has 3 amide bonds. The molecule has 204 valence electrons. The minimum Gasteiger partial charge on any atom is -0.480 e. The van der Waals surface area contributed by atoms with Crippen molar-refractivity contribution in [2.75, 3.05) is 29.8 Å². The SMILES string of the molecule is CSCCC(NC(=O)C(Cc1c[nH]c2ccccc12)NC(=O)C(CCSC)NC(=O)C(N)CS)C(=O)O. The van der Waals surface area contributed by atoms with E-state index in [1.165, 1.54) is 23.5 Å². The van der Waals surface area contributed by atoms with E-state index >= 15 is 0 Å². The van der Waals surface area contributed by atoms with E-state index in [4.69, 9.17) is 5.73 Å². The first-order valence-corrected chi connectivity index (χ1v) is 15.2. The number of aromatic nitrogens is 1. The predicted molar refractivity (Wildman–Crippen MR) is 153 cm³/mol.